The fraction of sp³-hybridized carbons (Fsp3) is 0.600. The number of hydrogen-bond acceptors (Lipinski definition) is 6. The largest absolute Gasteiger partial charge is 0.474 e. The van der Waals surface area contributed by atoms with E-state index in [-0.39, 0.29) is 17.5 Å². The lowest BCUT2D eigenvalue weighted by Crippen LogP contribution is -2.48. The van der Waals surface area contributed by atoms with Crippen molar-refractivity contribution < 1.29 is 14.5 Å². The standard InChI is InChI=1S/C15H22N4O4/c1-4-11-15(20)18(10-9-17(5-2)6-3)14-12(23-11)7-8-13(16-14)19(21)22/h7-8,11H,4-6,9-10H2,1-3H3. The average molecular weight is 322 g/mol. The predicted molar refractivity (Wildman–Crippen MR) is 85.7 cm³/mol. The van der Waals surface area contributed by atoms with E-state index in [9.17, 15) is 14.9 Å². The molecule has 0 N–H and O–H groups in total. The summed E-state index contributed by atoms with van der Waals surface area (Å²) in [5.74, 6) is 0.172. The maximum atomic E-state index is 12.6. The molecule has 126 valence electrons. The molecule has 1 aliphatic rings. The second kappa shape index (κ2) is 7.36. The monoisotopic (exact) mass is 322 g/mol. The van der Waals surface area contributed by atoms with Crippen LogP contribution in [-0.4, -0.2) is 53.0 Å². The van der Waals surface area contributed by atoms with Crippen molar-refractivity contribution in [2.75, 3.05) is 31.1 Å². The van der Waals surface area contributed by atoms with Gasteiger partial charge in [0.2, 0.25) is 0 Å². The highest BCUT2D eigenvalue weighted by molar-refractivity contribution is 5.99. The van der Waals surface area contributed by atoms with Gasteiger partial charge in [-0.3, -0.25) is 9.69 Å². The Balaban J connectivity index is 2.32. The zero-order valence-corrected chi connectivity index (χ0v) is 13.7. The Kier molecular flexibility index (Phi) is 5.49. The van der Waals surface area contributed by atoms with Crippen LogP contribution in [0.4, 0.5) is 11.6 Å². The summed E-state index contributed by atoms with van der Waals surface area (Å²) in [6, 6.07) is 2.81. The van der Waals surface area contributed by atoms with E-state index >= 15 is 0 Å². The van der Waals surface area contributed by atoms with Crippen molar-refractivity contribution >= 4 is 17.5 Å². The molecule has 8 nitrogen and oxygen atoms in total. The SMILES string of the molecule is CCC1Oc2ccc([N+](=O)[O-])nc2N(CCN(CC)CC)C1=O. The summed E-state index contributed by atoms with van der Waals surface area (Å²) < 4.78 is 5.63. The van der Waals surface area contributed by atoms with Crippen LogP contribution in [0.1, 0.15) is 27.2 Å². The minimum atomic E-state index is -0.570. The molecule has 1 aromatic heterocycles. The molecule has 2 rings (SSSR count). The van der Waals surface area contributed by atoms with Crippen LogP contribution in [-0.2, 0) is 4.79 Å². The Morgan fingerprint density at radius 1 is 1.35 bits per heavy atom. The summed E-state index contributed by atoms with van der Waals surface area (Å²) in [6.07, 6.45) is -0.0284. The van der Waals surface area contributed by atoms with Crippen LogP contribution < -0.4 is 9.64 Å². The number of nitro groups is 1. The molecule has 0 fully saturated rings. The zero-order valence-electron chi connectivity index (χ0n) is 13.7. The summed E-state index contributed by atoms with van der Waals surface area (Å²) in [4.78, 5) is 30.6. The summed E-state index contributed by atoms with van der Waals surface area (Å²) >= 11 is 0. The molecule has 23 heavy (non-hydrogen) atoms. The van der Waals surface area contributed by atoms with Crippen molar-refractivity contribution in [2.45, 2.75) is 33.3 Å². The second-order valence-electron chi connectivity index (χ2n) is 5.28. The third-order valence-electron chi connectivity index (χ3n) is 3.98. The molecule has 0 saturated carbocycles. The topological polar surface area (TPSA) is 88.8 Å². The molecule has 2 heterocycles. The third kappa shape index (κ3) is 3.58. The maximum absolute atomic E-state index is 12.6. The molecule has 0 aliphatic carbocycles. The number of ether oxygens (including phenoxy) is 1. The zero-order chi connectivity index (χ0) is 17.0. The van der Waals surface area contributed by atoms with E-state index in [4.69, 9.17) is 4.74 Å². The molecule has 1 atom stereocenters. The molecular weight excluding hydrogens is 300 g/mol. The van der Waals surface area contributed by atoms with Crippen LogP contribution >= 0.6 is 0 Å². The first-order valence-corrected chi connectivity index (χ1v) is 7.87. The Morgan fingerprint density at radius 3 is 2.61 bits per heavy atom. The number of likely N-dealkylation sites (N-methyl/N-ethyl adjacent to an activating group) is 1. The fourth-order valence-electron chi connectivity index (χ4n) is 2.55. The van der Waals surface area contributed by atoms with Crippen molar-refractivity contribution in [3.05, 3.63) is 22.2 Å². The van der Waals surface area contributed by atoms with Gasteiger partial charge in [0.15, 0.2) is 11.9 Å². The number of carbonyl (C=O) groups excluding carboxylic acids is 1. The van der Waals surface area contributed by atoms with Crippen molar-refractivity contribution in [1.29, 1.82) is 0 Å². The first kappa shape index (κ1) is 17.1. The molecule has 1 aliphatic heterocycles. The van der Waals surface area contributed by atoms with E-state index in [0.29, 0.717) is 25.3 Å². The minimum absolute atomic E-state index is 0.194. The lowest BCUT2D eigenvalue weighted by molar-refractivity contribution is -0.389. The third-order valence-corrected chi connectivity index (χ3v) is 3.98. The molecule has 0 bridgehead atoms. The van der Waals surface area contributed by atoms with E-state index in [1.807, 2.05) is 6.92 Å². The molecule has 0 spiro atoms. The molecule has 0 aromatic carbocycles. The molecule has 1 amide bonds. The highest BCUT2D eigenvalue weighted by Gasteiger charge is 2.37. The quantitative estimate of drug-likeness (QED) is 0.562. The van der Waals surface area contributed by atoms with Crippen LogP contribution in [0.2, 0.25) is 0 Å². The summed E-state index contributed by atoms with van der Waals surface area (Å²) in [5, 5.41) is 10.9. The van der Waals surface area contributed by atoms with Gasteiger partial charge >= 0.3 is 5.82 Å². The normalized spacial score (nSPS) is 17.1. The molecule has 1 unspecified atom stereocenters. The number of hydrogen-bond donors (Lipinski definition) is 0. The number of carbonyl (C=O) groups is 1. The Hall–Kier alpha value is -2.22. The molecule has 0 radical (unpaired) electrons. The van der Waals surface area contributed by atoms with E-state index < -0.39 is 11.0 Å². The average Bonchev–Trinajstić information content (AvgIpc) is 2.56. The molecular formula is C15H22N4O4. The van der Waals surface area contributed by atoms with E-state index in [1.54, 1.807) is 0 Å². The maximum Gasteiger partial charge on any atom is 0.366 e. The van der Waals surface area contributed by atoms with Gasteiger partial charge < -0.3 is 19.8 Å². The van der Waals surface area contributed by atoms with Gasteiger partial charge in [0.05, 0.1) is 0 Å². The van der Waals surface area contributed by atoms with Gasteiger partial charge in [-0.05, 0) is 35.5 Å². The predicted octanol–water partition coefficient (Wildman–Crippen LogP) is 1.84. The van der Waals surface area contributed by atoms with Crippen LogP contribution in [0.15, 0.2) is 12.1 Å². The van der Waals surface area contributed by atoms with Gasteiger partial charge in [0.1, 0.15) is 0 Å². The van der Waals surface area contributed by atoms with Crippen molar-refractivity contribution in [3.63, 3.8) is 0 Å². The van der Waals surface area contributed by atoms with Crippen LogP contribution in [0, 0.1) is 10.1 Å². The number of fused-ring (bicyclic) bond motifs is 1. The number of aromatic nitrogens is 1. The van der Waals surface area contributed by atoms with Gasteiger partial charge in [-0.15, -0.1) is 0 Å². The summed E-state index contributed by atoms with van der Waals surface area (Å²) in [5.41, 5.74) is 0. The van der Waals surface area contributed by atoms with Crippen LogP contribution in [0.3, 0.4) is 0 Å². The van der Waals surface area contributed by atoms with E-state index in [1.165, 1.54) is 17.0 Å². The second-order valence-corrected chi connectivity index (χ2v) is 5.28. The highest BCUT2D eigenvalue weighted by atomic mass is 16.6. The van der Waals surface area contributed by atoms with Crippen molar-refractivity contribution in [1.82, 2.24) is 9.88 Å². The van der Waals surface area contributed by atoms with Crippen molar-refractivity contribution in [2.24, 2.45) is 0 Å². The van der Waals surface area contributed by atoms with Crippen molar-refractivity contribution in [3.8, 4) is 5.75 Å². The highest BCUT2D eigenvalue weighted by Crippen LogP contribution is 2.34. The number of amides is 1. The fourth-order valence-corrected chi connectivity index (χ4v) is 2.55. The molecule has 8 heteroatoms. The number of anilines is 1. The van der Waals surface area contributed by atoms with E-state index in [2.05, 4.69) is 23.7 Å². The first-order chi connectivity index (χ1) is 11.0. The van der Waals surface area contributed by atoms with Gasteiger partial charge in [0.25, 0.3) is 11.7 Å². The van der Waals surface area contributed by atoms with E-state index in [0.717, 1.165) is 13.1 Å². The smallest absolute Gasteiger partial charge is 0.366 e. The van der Waals surface area contributed by atoms with Crippen LogP contribution in [0.25, 0.3) is 0 Å². The summed E-state index contributed by atoms with van der Waals surface area (Å²) in [6.45, 7) is 8.84. The van der Waals surface area contributed by atoms with Gasteiger partial charge in [0, 0.05) is 19.2 Å². The van der Waals surface area contributed by atoms with Gasteiger partial charge in [-0.1, -0.05) is 20.8 Å². The molecule has 1 aromatic rings. The van der Waals surface area contributed by atoms with Gasteiger partial charge in [-0.25, -0.2) is 0 Å². The summed E-state index contributed by atoms with van der Waals surface area (Å²) in [7, 11) is 0. The number of pyridine rings is 1. The number of nitrogens with zero attached hydrogens (tertiary/aromatic N) is 4. The lowest BCUT2D eigenvalue weighted by atomic mass is 10.2. The Labute approximate surface area is 135 Å². The Morgan fingerprint density at radius 2 is 2.04 bits per heavy atom. The van der Waals surface area contributed by atoms with Crippen LogP contribution in [0.5, 0.6) is 5.75 Å². The van der Waals surface area contributed by atoms with Gasteiger partial charge in [-0.2, -0.15) is 0 Å². The number of rotatable bonds is 7. The molecule has 0 saturated heterocycles. The Bertz CT molecular complexity index is 589. The minimum Gasteiger partial charge on any atom is -0.474 e. The lowest BCUT2D eigenvalue weighted by Gasteiger charge is -2.32. The first-order valence-electron chi connectivity index (χ1n) is 7.87.